The molecule has 0 aliphatic heterocycles. The number of methoxy groups -OCH3 is 1. The summed E-state index contributed by atoms with van der Waals surface area (Å²) in [4.78, 5) is 0. The van der Waals surface area contributed by atoms with Crippen LogP contribution in [0.1, 0.15) is 5.56 Å². The summed E-state index contributed by atoms with van der Waals surface area (Å²) in [6, 6.07) is 5.37. The van der Waals surface area contributed by atoms with Crippen LogP contribution in [0.5, 0.6) is 5.75 Å². The van der Waals surface area contributed by atoms with E-state index in [1.807, 2.05) is 6.07 Å². The molecule has 16 heavy (non-hydrogen) atoms. The zero-order valence-corrected chi connectivity index (χ0v) is 11.4. The first-order valence-electron chi connectivity index (χ1n) is 4.41. The van der Waals surface area contributed by atoms with E-state index < -0.39 is 10.2 Å². The lowest BCUT2D eigenvalue weighted by Gasteiger charge is -2.16. The van der Waals surface area contributed by atoms with Gasteiger partial charge in [0.15, 0.2) is 0 Å². The largest absolute Gasteiger partial charge is 0.496 e. The molecule has 0 spiro atoms. The molecule has 1 aromatic rings. The summed E-state index contributed by atoms with van der Waals surface area (Å²) in [6.07, 6.45) is 0. The fraction of sp³-hybridized carbons (Fsp3) is 0.333. The van der Waals surface area contributed by atoms with Gasteiger partial charge in [0.2, 0.25) is 0 Å². The number of ether oxygens (including phenoxy) is 1. The number of rotatable bonds is 4. The molecule has 0 heterocycles. The molecule has 5 nitrogen and oxygen atoms in total. The van der Waals surface area contributed by atoms with Gasteiger partial charge in [-0.2, -0.15) is 12.7 Å². The van der Waals surface area contributed by atoms with E-state index >= 15 is 0 Å². The zero-order valence-electron chi connectivity index (χ0n) is 8.97. The van der Waals surface area contributed by atoms with Gasteiger partial charge in [-0.25, -0.2) is 5.14 Å². The second kappa shape index (κ2) is 5.13. The van der Waals surface area contributed by atoms with Crippen molar-refractivity contribution in [3.8, 4) is 5.75 Å². The number of benzene rings is 1. The van der Waals surface area contributed by atoms with E-state index in [0.29, 0.717) is 5.75 Å². The normalized spacial score (nSPS) is 11.8. The lowest BCUT2D eigenvalue weighted by Crippen LogP contribution is -2.32. The number of hydrogen-bond acceptors (Lipinski definition) is 3. The van der Waals surface area contributed by atoms with Crippen LogP contribution >= 0.6 is 15.9 Å². The number of hydrogen-bond donors (Lipinski definition) is 1. The summed E-state index contributed by atoms with van der Waals surface area (Å²) in [5.41, 5.74) is 0.744. The van der Waals surface area contributed by atoms with Crippen molar-refractivity contribution >= 4 is 26.1 Å². The van der Waals surface area contributed by atoms with Crippen LogP contribution < -0.4 is 9.88 Å². The molecule has 0 aromatic heterocycles. The fourth-order valence-electron chi connectivity index (χ4n) is 1.20. The van der Waals surface area contributed by atoms with Crippen LogP contribution in [0.15, 0.2) is 22.7 Å². The van der Waals surface area contributed by atoms with E-state index in [-0.39, 0.29) is 6.54 Å². The smallest absolute Gasteiger partial charge is 0.276 e. The van der Waals surface area contributed by atoms with Crippen LogP contribution in [0.25, 0.3) is 0 Å². The number of nitrogens with zero attached hydrogens (tertiary/aromatic N) is 1. The Bertz CT molecular complexity index is 476. The maximum atomic E-state index is 11.1. The molecular formula is C9H13BrN2O3S. The molecule has 1 aromatic carbocycles. The van der Waals surface area contributed by atoms with Gasteiger partial charge < -0.3 is 4.74 Å². The van der Waals surface area contributed by atoms with E-state index in [4.69, 9.17) is 9.88 Å². The number of nitrogens with two attached hydrogens (primary N) is 1. The molecule has 0 bridgehead atoms. The van der Waals surface area contributed by atoms with Crippen molar-refractivity contribution in [1.82, 2.24) is 4.31 Å². The van der Waals surface area contributed by atoms with E-state index in [0.717, 1.165) is 14.3 Å². The Morgan fingerprint density at radius 1 is 1.50 bits per heavy atom. The van der Waals surface area contributed by atoms with Gasteiger partial charge in [-0.05, 0) is 18.2 Å². The van der Waals surface area contributed by atoms with Crippen molar-refractivity contribution in [3.63, 3.8) is 0 Å². The van der Waals surface area contributed by atoms with E-state index in [2.05, 4.69) is 15.9 Å². The molecule has 0 aliphatic rings. The first-order valence-corrected chi connectivity index (χ1v) is 6.70. The Kier molecular flexibility index (Phi) is 4.31. The van der Waals surface area contributed by atoms with Crippen molar-refractivity contribution in [2.24, 2.45) is 5.14 Å². The minimum atomic E-state index is -3.68. The molecule has 2 N–H and O–H groups in total. The molecule has 0 fully saturated rings. The van der Waals surface area contributed by atoms with Crippen molar-refractivity contribution in [3.05, 3.63) is 28.2 Å². The highest BCUT2D eigenvalue weighted by Crippen LogP contribution is 2.24. The molecule has 7 heteroatoms. The van der Waals surface area contributed by atoms with Crippen LogP contribution in [0.4, 0.5) is 0 Å². The summed E-state index contributed by atoms with van der Waals surface area (Å²) in [7, 11) is -0.733. The third-order valence-corrected chi connectivity index (χ3v) is 3.56. The predicted molar refractivity (Wildman–Crippen MR) is 65.3 cm³/mol. The first kappa shape index (κ1) is 13.4. The second-order valence-electron chi connectivity index (χ2n) is 3.26. The standard InChI is InChI=1S/C9H13BrN2O3S/c1-12(16(11,13)14)6-7-5-8(10)3-4-9(7)15-2/h3-5H,6H2,1-2H3,(H2,11,13,14). The SMILES string of the molecule is COc1ccc(Br)cc1CN(C)S(N)(=O)=O. The van der Waals surface area contributed by atoms with Crippen LogP contribution in [0.2, 0.25) is 0 Å². The van der Waals surface area contributed by atoms with E-state index in [1.165, 1.54) is 14.2 Å². The fourth-order valence-corrected chi connectivity index (χ4v) is 1.93. The van der Waals surface area contributed by atoms with Gasteiger partial charge in [-0.1, -0.05) is 15.9 Å². The lowest BCUT2D eigenvalue weighted by atomic mass is 10.2. The van der Waals surface area contributed by atoms with Gasteiger partial charge in [0.1, 0.15) is 5.75 Å². The minimum Gasteiger partial charge on any atom is -0.496 e. The molecule has 0 saturated carbocycles. The Morgan fingerprint density at radius 3 is 2.62 bits per heavy atom. The monoisotopic (exact) mass is 308 g/mol. The molecule has 90 valence electrons. The van der Waals surface area contributed by atoms with Crippen molar-refractivity contribution in [2.75, 3.05) is 14.2 Å². The molecule has 1 rings (SSSR count). The summed E-state index contributed by atoms with van der Waals surface area (Å²) < 4.78 is 29.2. The van der Waals surface area contributed by atoms with Crippen LogP contribution in [-0.2, 0) is 16.8 Å². The highest BCUT2D eigenvalue weighted by Gasteiger charge is 2.14. The topological polar surface area (TPSA) is 72.6 Å². The quantitative estimate of drug-likeness (QED) is 0.905. The maximum absolute atomic E-state index is 11.1. The Balaban J connectivity index is 3.00. The zero-order chi connectivity index (χ0) is 12.3. The Hall–Kier alpha value is -0.630. The molecule has 0 amide bonds. The summed E-state index contributed by atoms with van der Waals surface area (Å²) in [6.45, 7) is 0.168. The summed E-state index contributed by atoms with van der Waals surface area (Å²) in [5.74, 6) is 0.624. The molecular weight excluding hydrogens is 296 g/mol. The summed E-state index contributed by atoms with van der Waals surface area (Å²) >= 11 is 3.31. The van der Waals surface area contributed by atoms with Gasteiger partial charge >= 0.3 is 0 Å². The molecule has 0 radical (unpaired) electrons. The van der Waals surface area contributed by atoms with Crippen molar-refractivity contribution in [1.29, 1.82) is 0 Å². The van der Waals surface area contributed by atoms with E-state index in [9.17, 15) is 8.42 Å². The molecule has 0 unspecified atom stereocenters. The van der Waals surface area contributed by atoms with E-state index in [1.54, 1.807) is 12.1 Å². The van der Waals surface area contributed by atoms with Crippen molar-refractivity contribution in [2.45, 2.75) is 6.54 Å². The van der Waals surface area contributed by atoms with Gasteiger partial charge in [0, 0.05) is 23.6 Å². The van der Waals surface area contributed by atoms with Gasteiger partial charge in [0.05, 0.1) is 7.11 Å². The van der Waals surface area contributed by atoms with Crippen LogP contribution in [0, 0.1) is 0 Å². The average Bonchev–Trinajstić information content (AvgIpc) is 2.16. The minimum absolute atomic E-state index is 0.168. The maximum Gasteiger partial charge on any atom is 0.276 e. The average molecular weight is 309 g/mol. The Morgan fingerprint density at radius 2 is 2.12 bits per heavy atom. The molecule has 0 saturated heterocycles. The van der Waals surface area contributed by atoms with Crippen LogP contribution in [0.3, 0.4) is 0 Å². The molecule has 0 atom stereocenters. The lowest BCUT2D eigenvalue weighted by molar-refractivity contribution is 0.398. The highest BCUT2D eigenvalue weighted by atomic mass is 79.9. The predicted octanol–water partition coefficient (Wildman–Crippen LogP) is 1.09. The summed E-state index contributed by atoms with van der Waals surface area (Å²) in [5, 5.41) is 5.00. The Labute approximate surface area is 104 Å². The number of halogens is 1. The third kappa shape index (κ3) is 3.44. The first-order chi connectivity index (χ1) is 7.34. The second-order valence-corrected chi connectivity index (χ2v) is 5.83. The molecule has 0 aliphatic carbocycles. The van der Waals surface area contributed by atoms with Gasteiger partial charge in [0.25, 0.3) is 10.2 Å². The van der Waals surface area contributed by atoms with Crippen molar-refractivity contribution < 1.29 is 13.2 Å². The highest BCUT2D eigenvalue weighted by molar-refractivity contribution is 9.10. The third-order valence-electron chi connectivity index (χ3n) is 2.07. The van der Waals surface area contributed by atoms with Gasteiger partial charge in [-0.15, -0.1) is 0 Å². The van der Waals surface area contributed by atoms with Gasteiger partial charge in [-0.3, -0.25) is 0 Å². The van der Waals surface area contributed by atoms with Crippen LogP contribution in [-0.4, -0.2) is 26.9 Å².